The van der Waals surface area contributed by atoms with Crippen LogP contribution < -0.4 is 5.32 Å². The Kier molecular flexibility index (Phi) is 6.38. The molecule has 2 nitrogen and oxygen atoms in total. The first kappa shape index (κ1) is 13.8. The van der Waals surface area contributed by atoms with E-state index in [0.29, 0.717) is 6.42 Å². The molecule has 0 radical (unpaired) electrons. The van der Waals surface area contributed by atoms with Crippen LogP contribution in [-0.4, -0.2) is 5.91 Å². The topological polar surface area (TPSA) is 29.1 Å². The van der Waals surface area contributed by atoms with E-state index >= 15 is 0 Å². The summed E-state index contributed by atoms with van der Waals surface area (Å²) >= 11 is 0. The Balaban J connectivity index is 2.42. The predicted molar refractivity (Wildman–Crippen MR) is 73.2 cm³/mol. The van der Waals surface area contributed by atoms with Crippen molar-refractivity contribution in [3.05, 3.63) is 29.8 Å². The average Bonchev–Trinajstić information content (AvgIpc) is 2.35. The van der Waals surface area contributed by atoms with Gasteiger partial charge >= 0.3 is 0 Å². The fraction of sp³-hybridized carbons (Fsp3) is 0.533. The van der Waals surface area contributed by atoms with Gasteiger partial charge < -0.3 is 5.32 Å². The molecule has 0 saturated carbocycles. The number of hydrogen-bond acceptors (Lipinski definition) is 1. The molecule has 1 N–H and O–H groups in total. The van der Waals surface area contributed by atoms with Crippen molar-refractivity contribution in [2.75, 3.05) is 5.32 Å². The molecule has 0 fully saturated rings. The zero-order chi connectivity index (χ0) is 12.5. The summed E-state index contributed by atoms with van der Waals surface area (Å²) in [4.78, 5) is 11.5. The molecule has 0 bridgehead atoms. The van der Waals surface area contributed by atoms with Crippen LogP contribution in [0.4, 0.5) is 5.69 Å². The second-order valence-electron chi connectivity index (χ2n) is 4.45. The minimum Gasteiger partial charge on any atom is -0.326 e. The Morgan fingerprint density at radius 1 is 1.06 bits per heavy atom. The highest BCUT2D eigenvalue weighted by molar-refractivity contribution is 5.90. The van der Waals surface area contributed by atoms with Crippen LogP contribution in [0.1, 0.15) is 51.5 Å². The number of aryl methyl sites for hydroxylation is 1. The smallest absolute Gasteiger partial charge is 0.224 e. The van der Waals surface area contributed by atoms with Gasteiger partial charge in [0.2, 0.25) is 5.91 Å². The van der Waals surface area contributed by atoms with Gasteiger partial charge in [0.05, 0.1) is 0 Å². The van der Waals surface area contributed by atoms with Gasteiger partial charge in [0.15, 0.2) is 0 Å². The molecule has 0 aliphatic rings. The molecule has 94 valence electrons. The van der Waals surface area contributed by atoms with E-state index in [1.165, 1.54) is 18.4 Å². The third kappa shape index (κ3) is 5.53. The van der Waals surface area contributed by atoms with Gasteiger partial charge in [-0.3, -0.25) is 4.79 Å². The molecular formula is C15H23NO. The Labute approximate surface area is 104 Å². The first-order chi connectivity index (χ1) is 8.26. The largest absolute Gasteiger partial charge is 0.326 e. The lowest BCUT2D eigenvalue weighted by molar-refractivity contribution is -0.116. The van der Waals surface area contributed by atoms with Crippen LogP contribution in [-0.2, 0) is 11.2 Å². The molecule has 0 spiro atoms. The molecule has 0 atom stereocenters. The lowest BCUT2D eigenvalue weighted by atomic mass is 10.1. The Bertz CT molecular complexity index is 329. The molecule has 1 amide bonds. The highest BCUT2D eigenvalue weighted by Gasteiger charge is 2.01. The molecule has 0 saturated heterocycles. The van der Waals surface area contributed by atoms with E-state index < -0.39 is 0 Å². The summed E-state index contributed by atoms with van der Waals surface area (Å²) in [6, 6.07) is 8.19. The summed E-state index contributed by atoms with van der Waals surface area (Å²) in [5.74, 6) is 0.119. The van der Waals surface area contributed by atoms with E-state index in [-0.39, 0.29) is 5.91 Å². The monoisotopic (exact) mass is 233 g/mol. The van der Waals surface area contributed by atoms with E-state index in [4.69, 9.17) is 0 Å². The first-order valence-corrected chi connectivity index (χ1v) is 6.65. The van der Waals surface area contributed by atoms with Gasteiger partial charge in [0.25, 0.3) is 0 Å². The lowest BCUT2D eigenvalue weighted by Crippen LogP contribution is -2.10. The van der Waals surface area contributed by atoms with Gasteiger partial charge in [0, 0.05) is 12.1 Å². The second-order valence-corrected chi connectivity index (χ2v) is 4.45. The van der Waals surface area contributed by atoms with Gasteiger partial charge in [-0.05, 0) is 37.0 Å². The summed E-state index contributed by atoms with van der Waals surface area (Å²) < 4.78 is 0. The Hall–Kier alpha value is -1.31. The third-order valence-corrected chi connectivity index (χ3v) is 2.81. The molecule has 0 unspecified atom stereocenters. The van der Waals surface area contributed by atoms with Crippen molar-refractivity contribution in [2.24, 2.45) is 0 Å². The number of rotatable bonds is 7. The number of nitrogens with one attached hydrogen (secondary N) is 1. The maximum absolute atomic E-state index is 11.5. The highest BCUT2D eigenvalue weighted by Crippen LogP contribution is 2.12. The van der Waals surface area contributed by atoms with E-state index in [2.05, 4.69) is 31.3 Å². The molecule has 2 heteroatoms. The number of benzene rings is 1. The number of anilines is 1. The van der Waals surface area contributed by atoms with Crippen molar-refractivity contribution in [3.63, 3.8) is 0 Å². The third-order valence-electron chi connectivity index (χ3n) is 2.81. The summed E-state index contributed by atoms with van der Waals surface area (Å²) in [6.07, 6.45) is 6.20. The minimum absolute atomic E-state index is 0.119. The molecule has 17 heavy (non-hydrogen) atoms. The van der Waals surface area contributed by atoms with Crippen molar-refractivity contribution in [2.45, 2.75) is 52.4 Å². The van der Waals surface area contributed by atoms with E-state index in [9.17, 15) is 4.79 Å². The summed E-state index contributed by atoms with van der Waals surface area (Å²) in [5.41, 5.74) is 2.25. The zero-order valence-corrected chi connectivity index (χ0v) is 11.0. The Morgan fingerprint density at radius 3 is 2.29 bits per heavy atom. The van der Waals surface area contributed by atoms with Crippen LogP contribution in [0.3, 0.4) is 0 Å². The molecule has 0 aliphatic carbocycles. The van der Waals surface area contributed by atoms with Crippen molar-refractivity contribution < 1.29 is 4.79 Å². The van der Waals surface area contributed by atoms with E-state index in [0.717, 1.165) is 24.9 Å². The molecule has 0 aromatic heterocycles. The fourth-order valence-corrected chi connectivity index (χ4v) is 1.70. The van der Waals surface area contributed by atoms with Crippen LogP contribution in [0.25, 0.3) is 0 Å². The molecule has 1 aromatic rings. The van der Waals surface area contributed by atoms with Gasteiger partial charge in [-0.1, -0.05) is 38.8 Å². The molecule has 1 aromatic carbocycles. The van der Waals surface area contributed by atoms with Crippen molar-refractivity contribution in [1.29, 1.82) is 0 Å². The second kappa shape index (κ2) is 7.88. The van der Waals surface area contributed by atoms with Crippen LogP contribution >= 0.6 is 0 Å². The quantitative estimate of drug-likeness (QED) is 0.752. The van der Waals surface area contributed by atoms with Crippen molar-refractivity contribution in [1.82, 2.24) is 0 Å². The van der Waals surface area contributed by atoms with Crippen molar-refractivity contribution in [3.8, 4) is 0 Å². The SMILES string of the molecule is CCCCC(=O)Nc1ccc(CCCC)cc1. The predicted octanol–water partition coefficient (Wildman–Crippen LogP) is 4.16. The van der Waals surface area contributed by atoms with Crippen molar-refractivity contribution >= 4 is 11.6 Å². The number of carbonyl (C=O) groups excluding carboxylic acids is 1. The van der Waals surface area contributed by atoms with Crippen LogP contribution in [0.5, 0.6) is 0 Å². The van der Waals surface area contributed by atoms with Crippen LogP contribution in [0.2, 0.25) is 0 Å². The minimum atomic E-state index is 0.119. The zero-order valence-electron chi connectivity index (χ0n) is 11.0. The summed E-state index contributed by atoms with van der Waals surface area (Å²) in [7, 11) is 0. The van der Waals surface area contributed by atoms with E-state index in [1.54, 1.807) is 0 Å². The van der Waals surface area contributed by atoms with E-state index in [1.807, 2.05) is 12.1 Å². The highest BCUT2D eigenvalue weighted by atomic mass is 16.1. The average molecular weight is 233 g/mol. The lowest BCUT2D eigenvalue weighted by Gasteiger charge is -2.06. The molecular weight excluding hydrogens is 210 g/mol. The van der Waals surface area contributed by atoms with Crippen LogP contribution in [0, 0.1) is 0 Å². The standard InChI is InChI=1S/C15H23NO/c1-3-5-7-13-9-11-14(12-10-13)16-15(17)8-6-4-2/h9-12H,3-8H2,1-2H3,(H,16,17). The number of unbranched alkanes of at least 4 members (excludes halogenated alkanes) is 2. The van der Waals surface area contributed by atoms with Gasteiger partial charge in [-0.2, -0.15) is 0 Å². The normalized spacial score (nSPS) is 10.2. The number of hydrogen-bond donors (Lipinski definition) is 1. The Morgan fingerprint density at radius 2 is 1.71 bits per heavy atom. The molecule has 0 aliphatic heterocycles. The molecule has 0 heterocycles. The van der Waals surface area contributed by atoms with Gasteiger partial charge in [-0.25, -0.2) is 0 Å². The molecule has 1 rings (SSSR count). The maximum atomic E-state index is 11.5. The fourth-order valence-electron chi connectivity index (χ4n) is 1.70. The van der Waals surface area contributed by atoms with Gasteiger partial charge in [-0.15, -0.1) is 0 Å². The number of amides is 1. The first-order valence-electron chi connectivity index (χ1n) is 6.65. The summed E-state index contributed by atoms with van der Waals surface area (Å²) in [5, 5.41) is 2.92. The maximum Gasteiger partial charge on any atom is 0.224 e. The van der Waals surface area contributed by atoms with Gasteiger partial charge in [0.1, 0.15) is 0 Å². The summed E-state index contributed by atoms with van der Waals surface area (Å²) in [6.45, 7) is 4.29. The van der Waals surface area contributed by atoms with Crippen LogP contribution in [0.15, 0.2) is 24.3 Å². The number of carbonyl (C=O) groups is 1.